The van der Waals surface area contributed by atoms with Gasteiger partial charge in [-0.2, -0.15) is 0 Å². The van der Waals surface area contributed by atoms with Crippen LogP contribution >= 0.6 is 23.1 Å². The number of nitrogens with one attached hydrogen (secondary N) is 1. The Morgan fingerprint density at radius 2 is 1.97 bits per heavy atom. The maximum absolute atomic E-state index is 12.1. The Bertz CT molecular complexity index is 1190. The van der Waals surface area contributed by atoms with E-state index in [1.807, 2.05) is 60.0 Å². The zero-order valence-electron chi connectivity index (χ0n) is 16.6. The quantitative estimate of drug-likeness (QED) is 0.314. The molecule has 2 heterocycles. The number of thioether (sulfide) groups is 1. The molecular formula is C22H19N3O4S2. The van der Waals surface area contributed by atoms with Crippen LogP contribution in [0.1, 0.15) is 11.8 Å². The molecule has 9 heteroatoms. The topological polar surface area (TPSA) is 94.3 Å². The molecule has 0 radical (unpaired) electrons. The van der Waals surface area contributed by atoms with Crippen molar-refractivity contribution in [2.45, 2.75) is 24.8 Å². The predicted octanol–water partition coefficient (Wildman–Crippen LogP) is 4.29. The fourth-order valence-corrected chi connectivity index (χ4v) is 4.03. The van der Waals surface area contributed by atoms with E-state index in [2.05, 4.69) is 15.5 Å². The normalized spacial score (nSPS) is 11.9. The van der Waals surface area contributed by atoms with E-state index in [9.17, 15) is 9.59 Å². The molecule has 0 saturated carbocycles. The van der Waals surface area contributed by atoms with Crippen molar-refractivity contribution in [1.82, 2.24) is 15.5 Å². The molecule has 0 aliphatic heterocycles. The molecule has 0 fully saturated rings. The minimum absolute atomic E-state index is 0.0398. The zero-order valence-corrected chi connectivity index (χ0v) is 18.2. The van der Waals surface area contributed by atoms with Crippen LogP contribution in [-0.2, 0) is 20.9 Å². The lowest BCUT2D eigenvalue weighted by Crippen LogP contribution is -2.35. The lowest BCUT2D eigenvalue weighted by Gasteiger charge is -2.12. The second-order valence-corrected chi connectivity index (χ2v) is 8.61. The summed E-state index contributed by atoms with van der Waals surface area (Å²) in [4.78, 5) is 25.2. The van der Waals surface area contributed by atoms with Gasteiger partial charge in [-0.05, 0) is 41.3 Å². The summed E-state index contributed by atoms with van der Waals surface area (Å²) < 4.78 is 10.8. The first-order chi connectivity index (χ1) is 15.1. The van der Waals surface area contributed by atoms with Gasteiger partial charge in [0.1, 0.15) is 5.75 Å². The molecule has 1 amide bonds. The molecule has 0 bridgehead atoms. The highest BCUT2D eigenvalue weighted by Crippen LogP contribution is 2.26. The first kappa shape index (κ1) is 21.1. The van der Waals surface area contributed by atoms with Crippen LogP contribution in [0.5, 0.6) is 0 Å². The van der Waals surface area contributed by atoms with Gasteiger partial charge in [0.15, 0.2) is 6.10 Å². The Kier molecular flexibility index (Phi) is 6.63. The van der Waals surface area contributed by atoms with Gasteiger partial charge >= 0.3 is 5.97 Å². The number of hydrogen-bond acceptors (Lipinski definition) is 8. The molecule has 0 saturated heterocycles. The first-order valence-corrected chi connectivity index (χ1v) is 11.4. The van der Waals surface area contributed by atoms with E-state index >= 15 is 0 Å². The molecule has 0 aliphatic carbocycles. The second kappa shape index (κ2) is 9.76. The summed E-state index contributed by atoms with van der Waals surface area (Å²) in [6, 6.07) is 17.7. The van der Waals surface area contributed by atoms with E-state index in [4.69, 9.17) is 9.15 Å². The van der Waals surface area contributed by atoms with Crippen molar-refractivity contribution >= 4 is 45.7 Å². The second-order valence-electron chi connectivity index (χ2n) is 6.65. The van der Waals surface area contributed by atoms with E-state index in [-0.39, 0.29) is 16.9 Å². The molecule has 4 aromatic rings. The SMILES string of the molecule is C[C@@H](OC(=O)CSc1nnc(-c2ccc3ccccc3c2)o1)C(=O)NCc1cccs1. The first-order valence-electron chi connectivity index (χ1n) is 9.53. The van der Waals surface area contributed by atoms with Crippen molar-refractivity contribution in [2.24, 2.45) is 0 Å². The summed E-state index contributed by atoms with van der Waals surface area (Å²) in [5.74, 6) is -0.540. The van der Waals surface area contributed by atoms with Gasteiger partial charge < -0.3 is 14.5 Å². The Labute approximate surface area is 186 Å². The number of carbonyl (C=O) groups excluding carboxylic acids is 2. The van der Waals surface area contributed by atoms with Crippen molar-refractivity contribution in [3.63, 3.8) is 0 Å². The summed E-state index contributed by atoms with van der Waals surface area (Å²) in [5, 5.41) is 15.2. The summed E-state index contributed by atoms with van der Waals surface area (Å²) in [5.41, 5.74) is 0.802. The van der Waals surface area contributed by atoms with Crippen LogP contribution in [0.4, 0.5) is 0 Å². The minimum Gasteiger partial charge on any atom is -0.452 e. The third kappa shape index (κ3) is 5.50. The summed E-state index contributed by atoms with van der Waals surface area (Å²) in [7, 11) is 0. The van der Waals surface area contributed by atoms with Gasteiger partial charge in [0, 0.05) is 10.4 Å². The monoisotopic (exact) mass is 453 g/mol. The smallest absolute Gasteiger partial charge is 0.317 e. The number of amides is 1. The van der Waals surface area contributed by atoms with Gasteiger partial charge in [-0.15, -0.1) is 21.5 Å². The standard InChI is InChI=1S/C22H19N3O4S2/c1-14(20(27)23-12-18-7-4-10-30-18)28-19(26)13-31-22-25-24-21(29-22)17-9-8-15-5-2-3-6-16(15)11-17/h2-11,14H,12-13H2,1H3,(H,23,27)/t14-/m1/s1. The molecule has 158 valence electrons. The van der Waals surface area contributed by atoms with E-state index in [0.29, 0.717) is 12.4 Å². The Morgan fingerprint density at radius 1 is 1.13 bits per heavy atom. The molecule has 0 aliphatic rings. The maximum atomic E-state index is 12.1. The van der Waals surface area contributed by atoms with Crippen molar-refractivity contribution < 1.29 is 18.7 Å². The van der Waals surface area contributed by atoms with Crippen LogP contribution in [0.2, 0.25) is 0 Å². The summed E-state index contributed by atoms with van der Waals surface area (Å²) in [6.07, 6.45) is -0.885. The number of nitrogens with zero attached hydrogens (tertiary/aromatic N) is 2. The van der Waals surface area contributed by atoms with Crippen LogP contribution in [-0.4, -0.2) is 33.9 Å². The van der Waals surface area contributed by atoms with Crippen LogP contribution < -0.4 is 5.32 Å². The van der Waals surface area contributed by atoms with Gasteiger partial charge in [-0.1, -0.05) is 48.2 Å². The number of carbonyl (C=O) groups is 2. The summed E-state index contributed by atoms with van der Waals surface area (Å²) >= 11 is 2.62. The largest absolute Gasteiger partial charge is 0.452 e. The maximum Gasteiger partial charge on any atom is 0.317 e. The number of ether oxygens (including phenoxy) is 1. The van der Waals surface area contributed by atoms with Gasteiger partial charge in [0.05, 0.1) is 6.54 Å². The highest BCUT2D eigenvalue weighted by atomic mass is 32.2. The van der Waals surface area contributed by atoms with Gasteiger partial charge in [0.2, 0.25) is 5.89 Å². The van der Waals surface area contributed by atoms with Crippen molar-refractivity contribution in [3.8, 4) is 11.5 Å². The molecule has 1 N–H and O–H groups in total. The van der Waals surface area contributed by atoms with Gasteiger partial charge in [0.25, 0.3) is 11.1 Å². The van der Waals surface area contributed by atoms with Gasteiger partial charge in [-0.25, -0.2) is 0 Å². The average Bonchev–Trinajstić information content (AvgIpc) is 3.48. The third-order valence-corrected chi connectivity index (χ3v) is 6.08. The Hall–Kier alpha value is -3.17. The molecule has 2 aromatic carbocycles. The number of thiophene rings is 1. The number of aromatic nitrogens is 2. The molecule has 1 atom stereocenters. The van der Waals surface area contributed by atoms with E-state index in [0.717, 1.165) is 33.0 Å². The number of hydrogen-bond donors (Lipinski definition) is 1. The highest BCUT2D eigenvalue weighted by molar-refractivity contribution is 7.99. The van der Waals surface area contributed by atoms with Crippen molar-refractivity contribution in [3.05, 3.63) is 64.9 Å². The number of esters is 1. The average molecular weight is 454 g/mol. The number of benzene rings is 2. The molecule has 7 nitrogen and oxygen atoms in total. The minimum atomic E-state index is -0.885. The molecule has 31 heavy (non-hydrogen) atoms. The molecule has 2 aromatic heterocycles. The predicted molar refractivity (Wildman–Crippen MR) is 120 cm³/mol. The van der Waals surface area contributed by atoms with Crippen LogP contribution in [0, 0.1) is 0 Å². The number of fused-ring (bicyclic) bond motifs is 1. The van der Waals surface area contributed by atoms with Crippen molar-refractivity contribution in [1.29, 1.82) is 0 Å². The van der Waals surface area contributed by atoms with E-state index in [1.54, 1.807) is 11.3 Å². The third-order valence-electron chi connectivity index (χ3n) is 4.41. The fraction of sp³-hybridized carbons (Fsp3) is 0.182. The van der Waals surface area contributed by atoms with E-state index < -0.39 is 12.1 Å². The highest BCUT2D eigenvalue weighted by Gasteiger charge is 2.19. The molecule has 4 rings (SSSR count). The fourth-order valence-electron chi connectivity index (χ4n) is 2.84. The molecule has 0 unspecified atom stereocenters. The zero-order chi connectivity index (χ0) is 21.6. The molecule has 0 spiro atoms. The number of rotatable bonds is 8. The summed E-state index contributed by atoms with van der Waals surface area (Å²) in [6.45, 7) is 1.95. The lowest BCUT2D eigenvalue weighted by atomic mass is 10.1. The van der Waals surface area contributed by atoms with Crippen LogP contribution in [0.15, 0.2) is 69.6 Å². The van der Waals surface area contributed by atoms with Crippen LogP contribution in [0.3, 0.4) is 0 Å². The Morgan fingerprint density at radius 3 is 2.77 bits per heavy atom. The van der Waals surface area contributed by atoms with E-state index in [1.165, 1.54) is 6.92 Å². The Balaban J connectivity index is 1.27. The van der Waals surface area contributed by atoms with Gasteiger partial charge in [-0.3, -0.25) is 9.59 Å². The van der Waals surface area contributed by atoms with Crippen LogP contribution in [0.25, 0.3) is 22.2 Å². The molecular weight excluding hydrogens is 434 g/mol. The lowest BCUT2D eigenvalue weighted by molar-refractivity contribution is -0.152. The van der Waals surface area contributed by atoms with Crippen molar-refractivity contribution in [2.75, 3.05) is 5.75 Å².